The van der Waals surface area contributed by atoms with E-state index < -0.39 is 0 Å². The van der Waals surface area contributed by atoms with Crippen molar-refractivity contribution in [3.8, 4) is 0 Å². The van der Waals surface area contributed by atoms with Gasteiger partial charge in [0, 0.05) is 18.3 Å². The molecule has 1 N–H and O–H groups in total. The smallest absolute Gasteiger partial charge is 0.0728 e. The second kappa shape index (κ2) is 6.81. The van der Waals surface area contributed by atoms with Crippen LogP contribution in [0.15, 0.2) is 12.4 Å². The van der Waals surface area contributed by atoms with E-state index in [1.54, 1.807) is 0 Å². The van der Waals surface area contributed by atoms with E-state index in [1.807, 2.05) is 10.9 Å². The monoisotopic (exact) mass is 251 g/mol. The molecule has 1 aromatic rings. The summed E-state index contributed by atoms with van der Waals surface area (Å²) in [5.74, 6) is 1.45. The number of anilines is 1. The first-order valence-electron chi connectivity index (χ1n) is 7.19. The Bertz CT molecular complexity index is 329. The van der Waals surface area contributed by atoms with E-state index >= 15 is 0 Å². The first-order valence-corrected chi connectivity index (χ1v) is 7.19. The van der Waals surface area contributed by atoms with Gasteiger partial charge in [0.1, 0.15) is 0 Å². The predicted molar refractivity (Wildman–Crippen MR) is 78.9 cm³/mol. The Morgan fingerprint density at radius 2 is 1.61 bits per heavy atom. The molecule has 0 aliphatic rings. The summed E-state index contributed by atoms with van der Waals surface area (Å²) in [6.45, 7) is 13.4. The molecule has 0 saturated heterocycles. The van der Waals surface area contributed by atoms with Crippen molar-refractivity contribution < 1.29 is 0 Å². The van der Waals surface area contributed by atoms with Gasteiger partial charge in [-0.05, 0) is 38.5 Å². The standard InChI is InChI=1S/C15H29N3/c1-11(2)7-14(8-12(3)4)17-15-9-16-18(10-15)13(5)6/h9-14,17H,7-8H2,1-6H3. The zero-order chi connectivity index (χ0) is 13.7. The van der Waals surface area contributed by atoms with Crippen molar-refractivity contribution in [2.45, 2.75) is 66.5 Å². The molecule has 0 aliphatic heterocycles. The quantitative estimate of drug-likeness (QED) is 0.781. The summed E-state index contributed by atoms with van der Waals surface area (Å²) in [7, 11) is 0. The van der Waals surface area contributed by atoms with Gasteiger partial charge in [-0.3, -0.25) is 4.68 Å². The lowest BCUT2D eigenvalue weighted by Gasteiger charge is -2.22. The lowest BCUT2D eigenvalue weighted by Crippen LogP contribution is -2.23. The number of rotatable bonds is 7. The fourth-order valence-electron chi connectivity index (χ4n) is 2.28. The van der Waals surface area contributed by atoms with Gasteiger partial charge in [-0.1, -0.05) is 27.7 Å². The molecule has 1 aromatic heterocycles. The number of nitrogens with zero attached hydrogens (tertiary/aromatic N) is 2. The average molecular weight is 251 g/mol. The van der Waals surface area contributed by atoms with Gasteiger partial charge >= 0.3 is 0 Å². The zero-order valence-electron chi connectivity index (χ0n) is 12.8. The molecule has 0 saturated carbocycles. The molecule has 0 fully saturated rings. The first-order chi connectivity index (χ1) is 8.38. The van der Waals surface area contributed by atoms with Gasteiger partial charge in [0.25, 0.3) is 0 Å². The highest BCUT2D eigenvalue weighted by molar-refractivity contribution is 5.39. The molecule has 0 aliphatic carbocycles. The van der Waals surface area contributed by atoms with Crippen LogP contribution in [0.4, 0.5) is 5.69 Å². The molecule has 0 atom stereocenters. The molecule has 0 amide bonds. The Labute approximate surface area is 112 Å². The minimum Gasteiger partial charge on any atom is -0.380 e. The third-order valence-electron chi connectivity index (χ3n) is 3.01. The molecule has 0 spiro atoms. The highest BCUT2D eigenvalue weighted by atomic mass is 15.3. The molecule has 0 bridgehead atoms. The van der Waals surface area contributed by atoms with Crippen molar-refractivity contribution in [1.82, 2.24) is 9.78 Å². The van der Waals surface area contributed by atoms with E-state index in [4.69, 9.17) is 0 Å². The molecule has 3 nitrogen and oxygen atoms in total. The van der Waals surface area contributed by atoms with Crippen LogP contribution in [0.1, 0.15) is 60.4 Å². The third kappa shape index (κ3) is 5.11. The minimum atomic E-state index is 0.425. The van der Waals surface area contributed by atoms with Crippen LogP contribution in [0, 0.1) is 11.8 Å². The Balaban J connectivity index is 2.63. The van der Waals surface area contributed by atoms with Crippen molar-refractivity contribution in [2.24, 2.45) is 11.8 Å². The summed E-state index contributed by atoms with van der Waals surface area (Å²) < 4.78 is 2.00. The maximum Gasteiger partial charge on any atom is 0.0728 e. The van der Waals surface area contributed by atoms with Gasteiger partial charge in [0.15, 0.2) is 0 Å². The normalized spacial score (nSPS) is 12.1. The molecule has 1 rings (SSSR count). The van der Waals surface area contributed by atoms with Crippen molar-refractivity contribution >= 4 is 5.69 Å². The van der Waals surface area contributed by atoms with Crippen LogP contribution in [0.25, 0.3) is 0 Å². The van der Waals surface area contributed by atoms with Crippen LogP contribution in [0.3, 0.4) is 0 Å². The van der Waals surface area contributed by atoms with Gasteiger partial charge in [0.2, 0.25) is 0 Å². The van der Waals surface area contributed by atoms with E-state index in [9.17, 15) is 0 Å². The summed E-state index contributed by atoms with van der Waals surface area (Å²) >= 11 is 0. The predicted octanol–water partition coefficient (Wildman–Crippen LogP) is 4.34. The zero-order valence-corrected chi connectivity index (χ0v) is 12.8. The van der Waals surface area contributed by atoms with Crippen LogP contribution in [-0.2, 0) is 0 Å². The summed E-state index contributed by atoms with van der Waals surface area (Å²) in [6, 6.07) is 0.976. The molecule has 18 heavy (non-hydrogen) atoms. The highest BCUT2D eigenvalue weighted by Crippen LogP contribution is 2.19. The van der Waals surface area contributed by atoms with Crippen molar-refractivity contribution in [3.05, 3.63) is 12.4 Å². The molecular weight excluding hydrogens is 222 g/mol. The number of hydrogen-bond donors (Lipinski definition) is 1. The fraction of sp³-hybridized carbons (Fsp3) is 0.800. The van der Waals surface area contributed by atoms with E-state index in [0.717, 1.165) is 17.5 Å². The van der Waals surface area contributed by atoms with Gasteiger partial charge in [-0.2, -0.15) is 5.10 Å². The number of aromatic nitrogens is 2. The van der Waals surface area contributed by atoms with Crippen molar-refractivity contribution in [2.75, 3.05) is 5.32 Å². The molecule has 0 aromatic carbocycles. The Morgan fingerprint density at radius 1 is 1.06 bits per heavy atom. The summed E-state index contributed by atoms with van der Waals surface area (Å²) in [4.78, 5) is 0. The maximum absolute atomic E-state index is 4.38. The second-order valence-corrected chi connectivity index (χ2v) is 6.40. The third-order valence-corrected chi connectivity index (χ3v) is 3.01. The topological polar surface area (TPSA) is 29.9 Å². The minimum absolute atomic E-state index is 0.425. The van der Waals surface area contributed by atoms with E-state index in [0.29, 0.717) is 12.1 Å². The van der Waals surface area contributed by atoms with Crippen LogP contribution in [0.2, 0.25) is 0 Å². The average Bonchev–Trinajstić information content (AvgIpc) is 2.63. The maximum atomic E-state index is 4.38. The Morgan fingerprint density at radius 3 is 2.00 bits per heavy atom. The molecule has 3 heteroatoms. The summed E-state index contributed by atoms with van der Waals surface area (Å²) in [5.41, 5.74) is 1.15. The van der Waals surface area contributed by atoms with Crippen LogP contribution >= 0.6 is 0 Å². The molecule has 0 radical (unpaired) electrons. The second-order valence-electron chi connectivity index (χ2n) is 6.40. The lowest BCUT2D eigenvalue weighted by atomic mass is 9.95. The summed E-state index contributed by atoms with van der Waals surface area (Å²) in [6.07, 6.45) is 6.47. The summed E-state index contributed by atoms with van der Waals surface area (Å²) in [5, 5.41) is 8.01. The fourth-order valence-corrected chi connectivity index (χ4v) is 2.28. The van der Waals surface area contributed by atoms with Crippen molar-refractivity contribution in [3.63, 3.8) is 0 Å². The highest BCUT2D eigenvalue weighted by Gasteiger charge is 2.13. The molecular formula is C15H29N3. The molecule has 0 unspecified atom stereocenters. The van der Waals surface area contributed by atoms with Crippen LogP contribution in [0.5, 0.6) is 0 Å². The number of nitrogens with one attached hydrogen (secondary N) is 1. The van der Waals surface area contributed by atoms with Gasteiger partial charge in [0.05, 0.1) is 11.9 Å². The Kier molecular flexibility index (Phi) is 5.70. The van der Waals surface area contributed by atoms with Gasteiger partial charge in [-0.15, -0.1) is 0 Å². The van der Waals surface area contributed by atoms with Crippen LogP contribution in [-0.4, -0.2) is 15.8 Å². The first kappa shape index (κ1) is 15.1. The van der Waals surface area contributed by atoms with Crippen LogP contribution < -0.4 is 5.32 Å². The lowest BCUT2D eigenvalue weighted by molar-refractivity contribution is 0.442. The van der Waals surface area contributed by atoms with Gasteiger partial charge < -0.3 is 5.32 Å². The molecule has 104 valence electrons. The SMILES string of the molecule is CC(C)CC(CC(C)C)Nc1cnn(C(C)C)c1. The van der Waals surface area contributed by atoms with E-state index in [1.165, 1.54) is 12.8 Å². The van der Waals surface area contributed by atoms with Gasteiger partial charge in [-0.25, -0.2) is 0 Å². The molecule has 1 heterocycles. The Hall–Kier alpha value is -0.990. The van der Waals surface area contributed by atoms with Crippen molar-refractivity contribution in [1.29, 1.82) is 0 Å². The van der Waals surface area contributed by atoms with E-state index in [-0.39, 0.29) is 0 Å². The largest absolute Gasteiger partial charge is 0.380 e. The number of hydrogen-bond acceptors (Lipinski definition) is 2. The van der Waals surface area contributed by atoms with E-state index in [2.05, 4.69) is 58.2 Å².